The fourth-order valence-corrected chi connectivity index (χ4v) is 4.81. The van der Waals surface area contributed by atoms with E-state index in [1.807, 2.05) is 0 Å². The van der Waals surface area contributed by atoms with Gasteiger partial charge < -0.3 is 0 Å². The van der Waals surface area contributed by atoms with Gasteiger partial charge in [-0.05, 0) is 43.0 Å². The second kappa shape index (κ2) is 6.70. The van der Waals surface area contributed by atoms with Gasteiger partial charge in [0.15, 0.2) is 0 Å². The van der Waals surface area contributed by atoms with Gasteiger partial charge >= 0.3 is 0 Å². The van der Waals surface area contributed by atoms with Gasteiger partial charge in [-0.15, -0.1) is 0 Å². The van der Waals surface area contributed by atoms with Crippen LogP contribution in [-0.4, -0.2) is 19.8 Å². The van der Waals surface area contributed by atoms with Gasteiger partial charge in [0.25, 0.3) is 0 Å². The zero-order valence-corrected chi connectivity index (χ0v) is 14.5. The first kappa shape index (κ1) is 15.5. The maximum atomic E-state index is 12.3. The molecule has 2 unspecified atom stereocenters. The maximum absolute atomic E-state index is 12.3. The average molecular weight is 411 g/mol. The highest BCUT2D eigenvalue weighted by molar-refractivity contribution is 9.10. The van der Waals surface area contributed by atoms with Crippen molar-refractivity contribution in [2.45, 2.75) is 36.6 Å². The van der Waals surface area contributed by atoms with E-state index in [0.717, 1.165) is 29.1 Å². The summed E-state index contributed by atoms with van der Waals surface area (Å²) in [4.78, 5) is 0.328. The Labute approximate surface area is 131 Å². The van der Waals surface area contributed by atoms with Crippen molar-refractivity contribution in [3.8, 4) is 0 Å². The normalized spacial score (nSPS) is 24.3. The Morgan fingerprint density at radius 3 is 2.42 bits per heavy atom. The van der Waals surface area contributed by atoms with Crippen LogP contribution in [0.15, 0.2) is 33.6 Å². The highest BCUT2D eigenvalue weighted by atomic mass is 79.9. The van der Waals surface area contributed by atoms with Crippen LogP contribution in [0.5, 0.6) is 0 Å². The molecule has 106 valence electrons. The van der Waals surface area contributed by atoms with Crippen molar-refractivity contribution >= 4 is 41.9 Å². The van der Waals surface area contributed by atoms with Crippen LogP contribution in [0.2, 0.25) is 0 Å². The van der Waals surface area contributed by atoms with E-state index >= 15 is 0 Å². The number of alkyl halides is 1. The fraction of sp³-hybridized carbons (Fsp3) is 0.538. The molecule has 0 saturated heterocycles. The second-order valence-electron chi connectivity index (χ2n) is 4.88. The van der Waals surface area contributed by atoms with Crippen molar-refractivity contribution < 1.29 is 8.42 Å². The van der Waals surface area contributed by atoms with Crippen LogP contribution >= 0.6 is 31.9 Å². The first-order valence-electron chi connectivity index (χ1n) is 6.37. The van der Waals surface area contributed by atoms with Crippen molar-refractivity contribution in [3.05, 3.63) is 28.7 Å². The molecule has 1 aromatic rings. The van der Waals surface area contributed by atoms with E-state index in [-0.39, 0.29) is 6.04 Å². The lowest BCUT2D eigenvalue weighted by atomic mass is 9.87. The molecule has 1 aliphatic carbocycles. The Balaban J connectivity index is 2.14. The molecule has 6 heteroatoms. The Morgan fingerprint density at radius 2 is 1.79 bits per heavy atom. The molecule has 1 fully saturated rings. The standard InChI is InChI=1S/C13H17Br2NO2S/c14-9-10-3-1-2-4-13(10)16-19(17,18)12-7-5-11(15)6-8-12/h5-8,10,13,16H,1-4,9H2. The molecule has 0 amide bonds. The van der Waals surface area contributed by atoms with E-state index in [4.69, 9.17) is 0 Å². The van der Waals surface area contributed by atoms with Gasteiger partial charge in [-0.25, -0.2) is 13.1 Å². The minimum absolute atomic E-state index is 0.0433. The van der Waals surface area contributed by atoms with Gasteiger partial charge in [0.05, 0.1) is 4.90 Å². The van der Waals surface area contributed by atoms with Crippen LogP contribution in [0.1, 0.15) is 25.7 Å². The zero-order valence-electron chi connectivity index (χ0n) is 10.5. The second-order valence-corrected chi connectivity index (χ2v) is 8.16. The van der Waals surface area contributed by atoms with Gasteiger partial charge in [0.2, 0.25) is 10.0 Å². The molecule has 1 N–H and O–H groups in total. The molecule has 0 aromatic heterocycles. The summed E-state index contributed by atoms with van der Waals surface area (Å²) in [6, 6.07) is 6.78. The lowest BCUT2D eigenvalue weighted by Gasteiger charge is -2.30. The number of benzene rings is 1. The minimum Gasteiger partial charge on any atom is -0.208 e. The zero-order chi connectivity index (χ0) is 13.9. The lowest BCUT2D eigenvalue weighted by molar-refractivity contribution is 0.316. The van der Waals surface area contributed by atoms with Crippen LogP contribution in [0.4, 0.5) is 0 Å². The summed E-state index contributed by atoms with van der Waals surface area (Å²) in [5, 5.41) is 0.848. The Hall–Kier alpha value is 0.0900. The van der Waals surface area contributed by atoms with Crippen molar-refractivity contribution in [1.29, 1.82) is 0 Å². The molecule has 0 aliphatic heterocycles. The molecule has 1 aliphatic rings. The highest BCUT2D eigenvalue weighted by Crippen LogP contribution is 2.27. The minimum atomic E-state index is -3.41. The van der Waals surface area contributed by atoms with E-state index in [1.54, 1.807) is 24.3 Å². The van der Waals surface area contributed by atoms with Crippen LogP contribution in [0.25, 0.3) is 0 Å². The summed E-state index contributed by atoms with van der Waals surface area (Å²) in [6.07, 6.45) is 4.29. The number of rotatable bonds is 4. The molecular weight excluding hydrogens is 394 g/mol. The van der Waals surface area contributed by atoms with Crippen LogP contribution < -0.4 is 4.72 Å². The van der Waals surface area contributed by atoms with Crippen LogP contribution in [0, 0.1) is 5.92 Å². The fourth-order valence-electron chi connectivity index (χ4n) is 2.43. The molecule has 0 spiro atoms. The van der Waals surface area contributed by atoms with E-state index in [2.05, 4.69) is 36.6 Å². The van der Waals surface area contributed by atoms with Crippen molar-refractivity contribution in [3.63, 3.8) is 0 Å². The van der Waals surface area contributed by atoms with E-state index in [0.29, 0.717) is 10.8 Å². The molecule has 1 saturated carbocycles. The maximum Gasteiger partial charge on any atom is 0.240 e. The third-order valence-electron chi connectivity index (χ3n) is 3.54. The van der Waals surface area contributed by atoms with Gasteiger partial charge in [0.1, 0.15) is 0 Å². The molecule has 0 radical (unpaired) electrons. The lowest BCUT2D eigenvalue weighted by Crippen LogP contribution is -2.42. The SMILES string of the molecule is O=S(=O)(NC1CCCCC1CBr)c1ccc(Br)cc1. The molecule has 3 nitrogen and oxygen atoms in total. The summed E-state index contributed by atoms with van der Waals surface area (Å²) < 4.78 is 28.4. The van der Waals surface area contributed by atoms with Gasteiger partial charge in [-0.1, -0.05) is 44.7 Å². The summed E-state index contributed by atoms with van der Waals surface area (Å²) >= 11 is 6.79. The Bertz CT molecular complexity index is 516. The Morgan fingerprint density at radius 1 is 1.16 bits per heavy atom. The first-order chi connectivity index (χ1) is 9.03. The van der Waals surface area contributed by atoms with Gasteiger partial charge in [-0.3, -0.25) is 0 Å². The van der Waals surface area contributed by atoms with Crippen molar-refractivity contribution in [2.24, 2.45) is 5.92 Å². The first-order valence-corrected chi connectivity index (χ1v) is 9.76. The molecule has 2 atom stereocenters. The van der Waals surface area contributed by atoms with Crippen molar-refractivity contribution in [2.75, 3.05) is 5.33 Å². The van der Waals surface area contributed by atoms with Crippen LogP contribution in [-0.2, 0) is 10.0 Å². The topological polar surface area (TPSA) is 46.2 Å². The monoisotopic (exact) mass is 409 g/mol. The average Bonchev–Trinajstić information content (AvgIpc) is 2.39. The predicted molar refractivity (Wildman–Crippen MR) is 84.0 cm³/mol. The van der Waals surface area contributed by atoms with E-state index < -0.39 is 10.0 Å². The summed E-state index contributed by atoms with van der Waals surface area (Å²) in [5.41, 5.74) is 0. The molecule has 0 heterocycles. The third kappa shape index (κ3) is 4.03. The summed E-state index contributed by atoms with van der Waals surface area (Å²) in [6.45, 7) is 0. The predicted octanol–water partition coefficient (Wildman–Crippen LogP) is 3.68. The molecule has 1 aromatic carbocycles. The smallest absolute Gasteiger partial charge is 0.208 e. The van der Waals surface area contributed by atoms with Gasteiger partial charge in [-0.2, -0.15) is 0 Å². The van der Waals surface area contributed by atoms with E-state index in [1.165, 1.54) is 6.42 Å². The molecular formula is C13H17Br2NO2S. The number of sulfonamides is 1. The number of halogens is 2. The molecule has 2 rings (SSSR count). The third-order valence-corrected chi connectivity index (χ3v) is 6.40. The summed E-state index contributed by atoms with van der Waals surface area (Å²) in [5.74, 6) is 0.388. The number of hydrogen-bond donors (Lipinski definition) is 1. The van der Waals surface area contributed by atoms with Gasteiger partial charge in [0, 0.05) is 15.8 Å². The molecule has 19 heavy (non-hydrogen) atoms. The van der Waals surface area contributed by atoms with E-state index in [9.17, 15) is 8.42 Å². The van der Waals surface area contributed by atoms with Crippen LogP contribution in [0.3, 0.4) is 0 Å². The Kier molecular flexibility index (Phi) is 5.45. The molecule has 0 bridgehead atoms. The van der Waals surface area contributed by atoms with Crippen molar-refractivity contribution in [1.82, 2.24) is 4.72 Å². The highest BCUT2D eigenvalue weighted by Gasteiger charge is 2.28. The summed E-state index contributed by atoms with van der Waals surface area (Å²) in [7, 11) is -3.41. The quantitative estimate of drug-likeness (QED) is 0.769. The number of hydrogen-bond acceptors (Lipinski definition) is 2. The largest absolute Gasteiger partial charge is 0.240 e. The number of nitrogens with one attached hydrogen (secondary N) is 1.